The first-order valence-corrected chi connectivity index (χ1v) is 8.32. The normalized spacial score (nSPS) is 10.8. The van der Waals surface area contributed by atoms with Gasteiger partial charge in [-0.1, -0.05) is 42.4 Å². The summed E-state index contributed by atoms with van der Waals surface area (Å²) >= 11 is 0. The predicted molar refractivity (Wildman–Crippen MR) is 92.7 cm³/mol. The number of aromatic nitrogens is 4. The summed E-state index contributed by atoms with van der Waals surface area (Å²) in [6.45, 7) is 4.70. The Labute approximate surface area is 146 Å². The standard InChI is InChI=1S/C18H21N5O2/c1-4-16-19-17(25-21-16)12-23(5-2)18(24)15-11-14(20-22(15)3)13-9-7-6-8-10-13/h6-11H,4-5,12H2,1-3H3. The summed E-state index contributed by atoms with van der Waals surface area (Å²) in [5.74, 6) is 0.971. The summed E-state index contributed by atoms with van der Waals surface area (Å²) < 4.78 is 6.81. The Balaban J connectivity index is 1.82. The van der Waals surface area contributed by atoms with Crippen LogP contribution < -0.4 is 0 Å². The monoisotopic (exact) mass is 339 g/mol. The lowest BCUT2D eigenvalue weighted by molar-refractivity contribution is 0.0723. The van der Waals surface area contributed by atoms with Crippen molar-refractivity contribution in [3.05, 3.63) is 53.8 Å². The van der Waals surface area contributed by atoms with E-state index in [-0.39, 0.29) is 12.5 Å². The molecule has 0 aliphatic rings. The van der Waals surface area contributed by atoms with Gasteiger partial charge in [-0.2, -0.15) is 10.1 Å². The van der Waals surface area contributed by atoms with Crippen LogP contribution in [-0.4, -0.2) is 37.3 Å². The second-order valence-electron chi connectivity index (χ2n) is 5.68. The molecule has 0 atom stereocenters. The lowest BCUT2D eigenvalue weighted by Gasteiger charge is -2.18. The fourth-order valence-corrected chi connectivity index (χ4v) is 2.57. The van der Waals surface area contributed by atoms with Gasteiger partial charge in [-0.3, -0.25) is 9.48 Å². The number of hydrogen-bond donors (Lipinski definition) is 0. The summed E-state index contributed by atoms with van der Waals surface area (Å²) in [5.41, 5.74) is 2.27. The Morgan fingerprint density at radius 1 is 1.24 bits per heavy atom. The van der Waals surface area contributed by atoms with Gasteiger partial charge < -0.3 is 9.42 Å². The minimum Gasteiger partial charge on any atom is -0.337 e. The van der Waals surface area contributed by atoms with Crippen LogP contribution in [0.5, 0.6) is 0 Å². The molecule has 7 nitrogen and oxygen atoms in total. The van der Waals surface area contributed by atoms with Gasteiger partial charge in [-0.05, 0) is 13.0 Å². The van der Waals surface area contributed by atoms with E-state index < -0.39 is 0 Å². The minimum atomic E-state index is -0.115. The van der Waals surface area contributed by atoms with Gasteiger partial charge in [0.1, 0.15) is 12.2 Å². The zero-order chi connectivity index (χ0) is 17.8. The molecule has 7 heteroatoms. The van der Waals surface area contributed by atoms with E-state index in [9.17, 15) is 4.79 Å². The number of carbonyl (C=O) groups excluding carboxylic acids is 1. The highest BCUT2D eigenvalue weighted by Crippen LogP contribution is 2.19. The topological polar surface area (TPSA) is 77.0 Å². The van der Waals surface area contributed by atoms with Crippen molar-refractivity contribution in [2.75, 3.05) is 6.54 Å². The maximum absolute atomic E-state index is 12.9. The first-order chi connectivity index (χ1) is 12.1. The van der Waals surface area contributed by atoms with Crippen molar-refractivity contribution >= 4 is 5.91 Å². The van der Waals surface area contributed by atoms with Gasteiger partial charge in [0, 0.05) is 25.6 Å². The molecule has 0 fully saturated rings. The Kier molecular flexibility index (Phi) is 4.92. The van der Waals surface area contributed by atoms with Crippen LogP contribution in [0, 0.1) is 0 Å². The molecule has 0 N–H and O–H groups in total. The minimum absolute atomic E-state index is 0.115. The van der Waals surface area contributed by atoms with Crippen molar-refractivity contribution in [3.8, 4) is 11.3 Å². The molecular weight excluding hydrogens is 318 g/mol. The molecule has 0 bridgehead atoms. The van der Waals surface area contributed by atoms with Crippen LogP contribution in [0.25, 0.3) is 11.3 Å². The first-order valence-electron chi connectivity index (χ1n) is 8.32. The van der Waals surface area contributed by atoms with Crippen molar-refractivity contribution in [1.82, 2.24) is 24.8 Å². The van der Waals surface area contributed by atoms with Crippen LogP contribution >= 0.6 is 0 Å². The fraction of sp³-hybridized carbons (Fsp3) is 0.333. The fourth-order valence-electron chi connectivity index (χ4n) is 2.57. The van der Waals surface area contributed by atoms with Gasteiger partial charge >= 0.3 is 0 Å². The Morgan fingerprint density at radius 2 is 2.00 bits per heavy atom. The summed E-state index contributed by atoms with van der Waals surface area (Å²) in [6.07, 6.45) is 0.700. The highest BCUT2D eigenvalue weighted by Gasteiger charge is 2.21. The van der Waals surface area contributed by atoms with Crippen LogP contribution in [0.2, 0.25) is 0 Å². The zero-order valence-corrected chi connectivity index (χ0v) is 14.6. The van der Waals surface area contributed by atoms with Gasteiger partial charge in [0.2, 0.25) is 5.89 Å². The number of nitrogens with zero attached hydrogens (tertiary/aromatic N) is 5. The Morgan fingerprint density at radius 3 is 2.64 bits per heavy atom. The molecule has 0 saturated heterocycles. The molecule has 130 valence electrons. The number of rotatable bonds is 6. The van der Waals surface area contributed by atoms with E-state index in [2.05, 4.69) is 15.2 Å². The van der Waals surface area contributed by atoms with Gasteiger partial charge in [0.15, 0.2) is 5.82 Å². The summed E-state index contributed by atoms with van der Waals surface area (Å²) in [6, 6.07) is 11.6. The first kappa shape index (κ1) is 16.9. The zero-order valence-electron chi connectivity index (χ0n) is 14.6. The van der Waals surface area contributed by atoms with E-state index in [0.717, 1.165) is 11.3 Å². The van der Waals surface area contributed by atoms with Gasteiger partial charge in [-0.15, -0.1) is 0 Å². The lowest BCUT2D eigenvalue weighted by atomic mass is 10.1. The molecule has 0 aliphatic heterocycles. The van der Waals surface area contributed by atoms with Gasteiger partial charge in [0.25, 0.3) is 5.91 Å². The van der Waals surface area contributed by atoms with Crippen molar-refractivity contribution in [2.24, 2.45) is 7.05 Å². The van der Waals surface area contributed by atoms with Crippen LogP contribution in [0.1, 0.15) is 36.1 Å². The smallest absolute Gasteiger partial charge is 0.272 e. The number of aryl methyl sites for hydroxylation is 2. The van der Waals surface area contributed by atoms with Crippen LogP contribution in [0.3, 0.4) is 0 Å². The number of carbonyl (C=O) groups is 1. The predicted octanol–water partition coefficient (Wildman–Crippen LogP) is 2.69. The van der Waals surface area contributed by atoms with Crippen molar-refractivity contribution in [1.29, 1.82) is 0 Å². The van der Waals surface area contributed by atoms with Crippen molar-refractivity contribution in [3.63, 3.8) is 0 Å². The van der Waals surface area contributed by atoms with Crippen molar-refractivity contribution in [2.45, 2.75) is 26.8 Å². The lowest BCUT2D eigenvalue weighted by Crippen LogP contribution is -2.31. The van der Waals surface area contributed by atoms with Gasteiger partial charge in [0.05, 0.1) is 5.69 Å². The maximum Gasteiger partial charge on any atom is 0.272 e. The Hall–Kier alpha value is -2.96. The molecule has 0 radical (unpaired) electrons. The van der Waals surface area contributed by atoms with Gasteiger partial charge in [-0.25, -0.2) is 0 Å². The molecule has 3 rings (SSSR count). The molecule has 0 unspecified atom stereocenters. The average molecular weight is 339 g/mol. The largest absolute Gasteiger partial charge is 0.337 e. The number of hydrogen-bond acceptors (Lipinski definition) is 5. The quantitative estimate of drug-likeness (QED) is 0.690. The van der Waals surface area contributed by atoms with E-state index in [1.807, 2.05) is 50.2 Å². The second-order valence-corrected chi connectivity index (χ2v) is 5.68. The molecule has 0 spiro atoms. The Bertz CT molecular complexity index is 853. The average Bonchev–Trinajstić information content (AvgIpc) is 3.26. The summed E-state index contributed by atoms with van der Waals surface area (Å²) in [7, 11) is 1.77. The molecular formula is C18H21N5O2. The second kappa shape index (κ2) is 7.29. The molecule has 0 saturated carbocycles. The molecule has 1 aromatic carbocycles. The molecule has 0 aliphatic carbocycles. The molecule has 2 aromatic heterocycles. The SMILES string of the molecule is CCc1noc(CN(CC)C(=O)c2cc(-c3ccccc3)nn2C)n1. The third-order valence-electron chi connectivity index (χ3n) is 3.99. The van der Waals surface area contributed by atoms with E-state index >= 15 is 0 Å². The molecule has 25 heavy (non-hydrogen) atoms. The number of amides is 1. The highest BCUT2D eigenvalue weighted by atomic mass is 16.5. The van der Waals surface area contributed by atoms with E-state index in [4.69, 9.17) is 4.52 Å². The summed E-state index contributed by atoms with van der Waals surface area (Å²) in [4.78, 5) is 18.8. The third kappa shape index (κ3) is 3.60. The van der Waals surface area contributed by atoms with E-state index in [0.29, 0.717) is 30.4 Å². The van der Waals surface area contributed by atoms with Crippen LogP contribution in [0.4, 0.5) is 0 Å². The number of benzene rings is 1. The van der Waals surface area contributed by atoms with Crippen molar-refractivity contribution < 1.29 is 9.32 Å². The van der Waals surface area contributed by atoms with E-state index in [1.54, 1.807) is 16.6 Å². The highest BCUT2D eigenvalue weighted by molar-refractivity contribution is 5.93. The maximum atomic E-state index is 12.9. The van der Waals surface area contributed by atoms with Crippen LogP contribution in [-0.2, 0) is 20.0 Å². The third-order valence-corrected chi connectivity index (χ3v) is 3.99. The molecule has 1 amide bonds. The van der Waals surface area contributed by atoms with E-state index in [1.165, 1.54) is 0 Å². The van der Waals surface area contributed by atoms with Crippen LogP contribution in [0.15, 0.2) is 40.9 Å². The molecule has 3 aromatic rings. The molecule has 2 heterocycles. The summed E-state index contributed by atoms with van der Waals surface area (Å²) in [5, 5.41) is 8.33.